The van der Waals surface area contributed by atoms with Crippen LogP contribution in [0, 0.1) is 35.6 Å². The molecule has 0 spiro atoms. The molecule has 0 saturated carbocycles. The third-order valence-corrected chi connectivity index (χ3v) is 5.77. The maximum atomic E-state index is 11.4. The number of ketones is 1. The number of nitrogens with one attached hydrogen (secondary N) is 1. The number of aromatic hydroxyl groups is 1. The van der Waals surface area contributed by atoms with Crippen molar-refractivity contribution in [3.05, 3.63) is 146 Å². The summed E-state index contributed by atoms with van der Waals surface area (Å²) in [5, 5.41) is 11.8. The summed E-state index contributed by atoms with van der Waals surface area (Å²) < 4.78 is 0. The summed E-state index contributed by atoms with van der Waals surface area (Å²) in [5.41, 5.74) is 7.28. The van der Waals surface area contributed by atoms with E-state index in [1.54, 1.807) is 31.4 Å². The van der Waals surface area contributed by atoms with Crippen molar-refractivity contribution in [3.63, 3.8) is 0 Å². The third-order valence-electron chi connectivity index (χ3n) is 5.77. The standard InChI is InChI=1S/C18H23NO.C8H10.C7H8O.C4H7O.CHO.2CH3.Na/c1-5-7-16(8-6-2)17-11-9-15(10-12-17)13-18(19-4)14(3)20;1-7-4-3-5-8(2)6-7;1-6-2-4-7(8)5-3-6;1-2-3-4-5;1-2;;;/h5-12,18-19H,1,13H2,2-4H3;3-6H,1-2H3;2-5,8H,1H3;2-3H2,1H3;1H;2*1H3;/q;;;4*-1;+1/b8-6-,16-7+;;;;;;;/t18-;;;;;;;/m0......./s1. The zero-order valence-corrected chi connectivity index (χ0v) is 31.9. The summed E-state index contributed by atoms with van der Waals surface area (Å²) in [7, 11) is 1.82. The minimum Gasteiger partial charge on any atom is -0.545 e. The third kappa shape index (κ3) is 27.0. The molecular formula is C40H55NNaO4-3. The molecule has 0 amide bonds. The molecule has 0 aliphatic heterocycles. The van der Waals surface area contributed by atoms with E-state index in [2.05, 4.69) is 87.1 Å². The van der Waals surface area contributed by atoms with Gasteiger partial charge in [-0.1, -0.05) is 122 Å². The molecule has 0 radical (unpaired) electrons. The Morgan fingerprint density at radius 2 is 1.48 bits per heavy atom. The number of benzene rings is 3. The molecular weight excluding hydrogens is 581 g/mol. The van der Waals surface area contributed by atoms with Gasteiger partial charge in [-0.15, -0.1) is 0 Å². The number of Topliss-reactive ketones (excluding diaryl/α,β-unsaturated/α-hetero) is 1. The molecule has 0 aromatic heterocycles. The van der Waals surface area contributed by atoms with Crippen LogP contribution in [-0.2, 0) is 20.8 Å². The van der Waals surface area contributed by atoms with E-state index in [1.807, 2.05) is 52.1 Å². The first-order chi connectivity index (χ1) is 20.6. The van der Waals surface area contributed by atoms with E-state index >= 15 is 0 Å². The van der Waals surface area contributed by atoms with E-state index < -0.39 is 0 Å². The van der Waals surface area contributed by atoms with Gasteiger partial charge in [0.2, 0.25) is 0 Å². The van der Waals surface area contributed by atoms with Crippen LogP contribution in [0.4, 0.5) is 0 Å². The molecule has 0 bridgehead atoms. The van der Waals surface area contributed by atoms with Crippen molar-refractivity contribution in [1.29, 1.82) is 0 Å². The Labute approximate surface area is 303 Å². The molecule has 6 heteroatoms. The molecule has 2 N–H and O–H groups in total. The number of allylic oxidation sites excluding steroid dienone is 5. The molecule has 0 fully saturated rings. The van der Waals surface area contributed by atoms with Gasteiger partial charge in [-0.05, 0) is 76.9 Å². The van der Waals surface area contributed by atoms with Gasteiger partial charge in [-0.25, -0.2) is 0 Å². The smallest absolute Gasteiger partial charge is 0.545 e. The fourth-order valence-corrected chi connectivity index (χ4v) is 3.53. The maximum Gasteiger partial charge on any atom is 1.00 e. The zero-order chi connectivity index (χ0) is 33.0. The van der Waals surface area contributed by atoms with Crippen LogP contribution in [0.3, 0.4) is 0 Å². The molecule has 248 valence electrons. The topological polar surface area (TPSA) is 83.5 Å². The number of aryl methyl sites for hydroxylation is 3. The molecule has 3 aromatic rings. The van der Waals surface area contributed by atoms with Gasteiger partial charge >= 0.3 is 29.6 Å². The minimum atomic E-state index is -0.112. The molecule has 0 saturated heterocycles. The van der Waals surface area contributed by atoms with Crippen LogP contribution in [0.1, 0.15) is 61.4 Å². The number of rotatable bonds is 9. The van der Waals surface area contributed by atoms with Crippen molar-refractivity contribution < 1.29 is 49.0 Å². The molecule has 1 atom stereocenters. The summed E-state index contributed by atoms with van der Waals surface area (Å²) in [6.07, 6.45) is 11.8. The first-order valence-electron chi connectivity index (χ1n) is 14.2. The van der Waals surface area contributed by atoms with Gasteiger partial charge in [-0.2, -0.15) is 6.42 Å². The summed E-state index contributed by atoms with van der Waals surface area (Å²) in [6.45, 7) is 18.7. The first-order valence-corrected chi connectivity index (χ1v) is 14.2. The van der Waals surface area contributed by atoms with Gasteiger partial charge in [0, 0.05) is 0 Å². The first kappa shape index (κ1) is 52.2. The number of hydrogen-bond donors (Lipinski definition) is 2. The second kappa shape index (κ2) is 34.5. The number of carbonyl (C=O) groups excluding carboxylic acids is 3. The van der Waals surface area contributed by atoms with Crippen LogP contribution < -0.4 is 34.9 Å². The fraction of sp³-hybridized carbons (Fsp3) is 0.275. The Bertz CT molecular complexity index is 1190. The van der Waals surface area contributed by atoms with Gasteiger partial charge in [0.05, 0.1) is 6.04 Å². The summed E-state index contributed by atoms with van der Waals surface area (Å²) in [4.78, 5) is 28.5. The van der Waals surface area contributed by atoms with Crippen LogP contribution in [0.15, 0.2) is 104 Å². The largest absolute Gasteiger partial charge is 1.00 e. The molecule has 0 heterocycles. The summed E-state index contributed by atoms with van der Waals surface area (Å²) >= 11 is 0. The van der Waals surface area contributed by atoms with Crippen LogP contribution in [0.5, 0.6) is 5.75 Å². The number of phenolic OH excluding ortho intramolecular Hbond substituents is 1. The van der Waals surface area contributed by atoms with Gasteiger partial charge in [-0.3, -0.25) is 17.9 Å². The van der Waals surface area contributed by atoms with E-state index in [1.165, 1.54) is 16.7 Å². The molecule has 46 heavy (non-hydrogen) atoms. The van der Waals surface area contributed by atoms with E-state index in [0.29, 0.717) is 12.2 Å². The van der Waals surface area contributed by atoms with E-state index in [0.717, 1.165) is 29.5 Å². The number of likely N-dealkylation sites (N-methyl/N-ethyl adjacent to an activating group) is 1. The molecule has 0 aliphatic carbocycles. The Morgan fingerprint density at radius 1 is 0.957 bits per heavy atom. The van der Waals surface area contributed by atoms with Gasteiger partial charge in [0.25, 0.3) is 0 Å². The van der Waals surface area contributed by atoms with Crippen molar-refractivity contribution in [1.82, 2.24) is 5.32 Å². The molecule has 3 rings (SSSR count). The molecule has 0 unspecified atom stereocenters. The maximum absolute atomic E-state index is 11.4. The van der Waals surface area contributed by atoms with Crippen molar-refractivity contribution in [2.45, 2.75) is 66.8 Å². The molecule has 3 aromatic carbocycles. The van der Waals surface area contributed by atoms with E-state index in [-0.39, 0.29) is 56.2 Å². The minimum absolute atomic E-state index is 0. The predicted molar refractivity (Wildman–Crippen MR) is 196 cm³/mol. The van der Waals surface area contributed by atoms with Crippen molar-refractivity contribution in [2.24, 2.45) is 0 Å². The molecule has 5 nitrogen and oxygen atoms in total. The SMILES string of the molecule is C=C/C=C(\C=C/C)c1ccc(C[C@H](NC)C(C)=O)cc1.CCC[C-]=O.Cc1ccc(O)cc1.Cc1cccc(C)c1.[CH-]=O.[CH3-].[CH3-].[Na+]. The normalized spacial score (nSPS) is 9.93. The average Bonchev–Trinajstić information content (AvgIpc) is 3.00. The number of carbonyl (C=O) groups is 1. The van der Waals surface area contributed by atoms with Crippen LogP contribution in [0.25, 0.3) is 5.57 Å². The Hall–Kier alpha value is -3.35. The van der Waals surface area contributed by atoms with Crippen molar-refractivity contribution >= 4 is 24.4 Å². The number of phenols is 1. The zero-order valence-electron chi connectivity index (χ0n) is 29.9. The van der Waals surface area contributed by atoms with Gasteiger partial charge in [0.1, 0.15) is 11.5 Å². The second-order valence-corrected chi connectivity index (χ2v) is 9.60. The Balaban J connectivity index is -0.000000179. The number of unbranched alkanes of at least 4 members (excludes halogenated alkanes) is 1. The Kier molecular flexibility index (Phi) is 39.2. The van der Waals surface area contributed by atoms with Crippen molar-refractivity contribution in [3.8, 4) is 5.75 Å². The second-order valence-electron chi connectivity index (χ2n) is 9.60. The molecule has 0 aliphatic rings. The van der Waals surface area contributed by atoms with Crippen LogP contribution in [0.2, 0.25) is 0 Å². The van der Waals surface area contributed by atoms with E-state index in [4.69, 9.17) is 9.90 Å². The summed E-state index contributed by atoms with van der Waals surface area (Å²) in [5.74, 6) is 0.494. The fourth-order valence-electron chi connectivity index (χ4n) is 3.53. The van der Waals surface area contributed by atoms with Crippen molar-refractivity contribution in [2.75, 3.05) is 7.05 Å². The van der Waals surface area contributed by atoms with Crippen LogP contribution >= 0.6 is 0 Å². The van der Waals surface area contributed by atoms with Crippen LogP contribution in [-0.4, -0.2) is 37.1 Å². The van der Waals surface area contributed by atoms with Gasteiger partial charge in [0.15, 0.2) is 0 Å². The summed E-state index contributed by atoms with van der Waals surface area (Å²) in [6, 6.07) is 23.7. The average molecular weight is 637 g/mol. The van der Waals surface area contributed by atoms with Gasteiger partial charge < -0.3 is 34.9 Å². The quantitative estimate of drug-likeness (QED) is 0.129. The number of hydrogen-bond acceptors (Lipinski definition) is 5. The Morgan fingerprint density at radius 3 is 1.78 bits per heavy atom. The predicted octanol–water partition coefficient (Wildman–Crippen LogP) is 6.08. The van der Waals surface area contributed by atoms with E-state index in [9.17, 15) is 9.59 Å². The monoisotopic (exact) mass is 636 g/mol.